The standard InChI is InChI=1S/C15H13ClN2O3/c1-9-6-7-12(10(2)8-9)17-15(19)14-11(16)4-3-5-13(14)18(20)21/h3-8H,1-2H3,(H,17,19). The van der Waals surface area contributed by atoms with Crippen molar-refractivity contribution in [2.24, 2.45) is 0 Å². The molecule has 1 N–H and O–H groups in total. The highest BCUT2D eigenvalue weighted by molar-refractivity contribution is 6.35. The van der Waals surface area contributed by atoms with Crippen LogP contribution in [0.4, 0.5) is 11.4 Å². The van der Waals surface area contributed by atoms with Gasteiger partial charge in [-0.3, -0.25) is 14.9 Å². The van der Waals surface area contributed by atoms with Crippen molar-refractivity contribution in [2.75, 3.05) is 5.32 Å². The number of nitro benzene ring substituents is 1. The Hall–Kier alpha value is -2.40. The fourth-order valence-corrected chi connectivity index (χ4v) is 2.28. The molecule has 2 rings (SSSR count). The van der Waals surface area contributed by atoms with Gasteiger partial charge in [-0.15, -0.1) is 0 Å². The van der Waals surface area contributed by atoms with Gasteiger partial charge in [0.05, 0.1) is 9.95 Å². The molecular formula is C15H13ClN2O3. The second-order valence-electron chi connectivity index (χ2n) is 4.66. The first kappa shape index (κ1) is 15.0. The smallest absolute Gasteiger partial charge is 0.283 e. The van der Waals surface area contributed by atoms with E-state index >= 15 is 0 Å². The lowest BCUT2D eigenvalue weighted by Crippen LogP contribution is -2.15. The molecule has 21 heavy (non-hydrogen) atoms. The summed E-state index contributed by atoms with van der Waals surface area (Å²) in [6.45, 7) is 3.79. The second-order valence-corrected chi connectivity index (χ2v) is 5.07. The number of anilines is 1. The molecule has 0 saturated carbocycles. The van der Waals surface area contributed by atoms with Crippen molar-refractivity contribution in [1.29, 1.82) is 0 Å². The van der Waals surface area contributed by atoms with Crippen LogP contribution >= 0.6 is 11.6 Å². The molecule has 0 spiro atoms. The molecule has 0 aromatic heterocycles. The van der Waals surface area contributed by atoms with Gasteiger partial charge in [0, 0.05) is 11.8 Å². The number of halogens is 1. The number of rotatable bonds is 3. The average Bonchev–Trinajstić information content (AvgIpc) is 2.41. The van der Waals surface area contributed by atoms with Gasteiger partial charge in [0.1, 0.15) is 5.56 Å². The molecule has 1 amide bonds. The zero-order valence-corrected chi connectivity index (χ0v) is 12.3. The van der Waals surface area contributed by atoms with Gasteiger partial charge in [-0.25, -0.2) is 0 Å². The SMILES string of the molecule is Cc1ccc(NC(=O)c2c(Cl)cccc2[N+](=O)[O-])c(C)c1. The summed E-state index contributed by atoms with van der Waals surface area (Å²) in [6, 6.07) is 9.66. The van der Waals surface area contributed by atoms with Crippen molar-refractivity contribution >= 4 is 28.9 Å². The summed E-state index contributed by atoms with van der Waals surface area (Å²) in [7, 11) is 0. The monoisotopic (exact) mass is 304 g/mol. The molecule has 2 aromatic rings. The van der Waals surface area contributed by atoms with Crippen LogP contribution in [0.1, 0.15) is 21.5 Å². The van der Waals surface area contributed by atoms with E-state index in [9.17, 15) is 14.9 Å². The number of benzene rings is 2. The Kier molecular flexibility index (Phi) is 4.23. The van der Waals surface area contributed by atoms with Gasteiger partial charge in [-0.2, -0.15) is 0 Å². The maximum atomic E-state index is 12.3. The van der Waals surface area contributed by atoms with Crippen LogP contribution in [0.5, 0.6) is 0 Å². The van der Waals surface area contributed by atoms with Crippen LogP contribution < -0.4 is 5.32 Å². The Morgan fingerprint density at radius 3 is 2.57 bits per heavy atom. The third-order valence-electron chi connectivity index (χ3n) is 3.05. The van der Waals surface area contributed by atoms with Crippen LogP contribution in [-0.2, 0) is 0 Å². The number of hydrogen-bond donors (Lipinski definition) is 1. The first-order valence-electron chi connectivity index (χ1n) is 6.21. The fourth-order valence-electron chi connectivity index (χ4n) is 2.03. The summed E-state index contributed by atoms with van der Waals surface area (Å²) in [5.74, 6) is -0.598. The van der Waals surface area contributed by atoms with Gasteiger partial charge in [0.15, 0.2) is 0 Å². The van der Waals surface area contributed by atoms with Crippen LogP contribution in [0.25, 0.3) is 0 Å². The first-order valence-corrected chi connectivity index (χ1v) is 6.59. The van der Waals surface area contributed by atoms with E-state index in [2.05, 4.69) is 5.32 Å². The number of carbonyl (C=O) groups excluding carboxylic acids is 1. The van der Waals surface area contributed by atoms with E-state index in [0.717, 1.165) is 11.1 Å². The molecule has 108 valence electrons. The van der Waals surface area contributed by atoms with Crippen LogP contribution in [0.3, 0.4) is 0 Å². The maximum absolute atomic E-state index is 12.3. The molecule has 0 aliphatic carbocycles. The normalized spacial score (nSPS) is 10.2. The van der Waals surface area contributed by atoms with E-state index in [0.29, 0.717) is 5.69 Å². The summed E-state index contributed by atoms with van der Waals surface area (Å²) >= 11 is 5.93. The Labute approximate surface area is 126 Å². The van der Waals surface area contributed by atoms with Crippen molar-refractivity contribution in [3.8, 4) is 0 Å². The van der Waals surface area contributed by atoms with Gasteiger partial charge in [0.2, 0.25) is 0 Å². The molecule has 5 nitrogen and oxygen atoms in total. The molecule has 0 bridgehead atoms. The van der Waals surface area contributed by atoms with E-state index in [-0.39, 0.29) is 16.3 Å². The van der Waals surface area contributed by atoms with E-state index < -0.39 is 10.8 Å². The van der Waals surface area contributed by atoms with E-state index in [1.54, 1.807) is 6.07 Å². The van der Waals surface area contributed by atoms with Crippen molar-refractivity contribution in [1.82, 2.24) is 0 Å². The zero-order chi connectivity index (χ0) is 15.6. The van der Waals surface area contributed by atoms with Crippen molar-refractivity contribution in [2.45, 2.75) is 13.8 Å². The van der Waals surface area contributed by atoms with Gasteiger partial charge < -0.3 is 5.32 Å². The van der Waals surface area contributed by atoms with E-state index in [4.69, 9.17) is 11.6 Å². The number of nitrogens with one attached hydrogen (secondary N) is 1. The molecule has 6 heteroatoms. The first-order chi connectivity index (χ1) is 9.90. The Morgan fingerprint density at radius 1 is 1.24 bits per heavy atom. The minimum atomic E-state index is -0.622. The molecule has 0 aliphatic rings. The average molecular weight is 305 g/mol. The molecular weight excluding hydrogens is 292 g/mol. The highest BCUT2D eigenvalue weighted by Crippen LogP contribution is 2.27. The summed E-state index contributed by atoms with van der Waals surface area (Å²) in [6.07, 6.45) is 0. The van der Waals surface area contributed by atoms with Crippen LogP contribution in [0.15, 0.2) is 36.4 Å². The maximum Gasteiger partial charge on any atom is 0.283 e. The largest absolute Gasteiger partial charge is 0.321 e. The minimum Gasteiger partial charge on any atom is -0.321 e. The number of aryl methyl sites for hydroxylation is 2. The third-order valence-corrected chi connectivity index (χ3v) is 3.36. The van der Waals surface area contributed by atoms with Crippen LogP contribution in [-0.4, -0.2) is 10.8 Å². The number of carbonyl (C=O) groups is 1. The lowest BCUT2D eigenvalue weighted by atomic mass is 10.1. The Morgan fingerprint density at radius 2 is 1.95 bits per heavy atom. The van der Waals surface area contributed by atoms with Gasteiger partial charge >= 0.3 is 0 Å². The van der Waals surface area contributed by atoms with E-state index in [1.165, 1.54) is 18.2 Å². The Bertz CT molecular complexity index is 729. The number of hydrogen-bond acceptors (Lipinski definition) is 3. The van der Waals surface area contributed by atoms with Gasteiger partial charge in [0.25, 0.3) is 11.6 Å². The van der Waals surface area contributed by atoms with Gasteiger partial charge in [-0.1, -0.05) is 35.4 Å². The topological polar surface area (TPSA) is 72.2 Å². The predicted molar refractivity (Wildman–Crippen MR) is 82.0 cm³/mol. The molecule has 0 fully saturated rings. The third kappa shape index (κ3) is 3.20. The molecule has 0 heterocycles. The van der Waals surface area contributed by atoms with Crippen LogP contribution in [0, 0.1) is 24.0 Å². The van der Waals surface area contributed by atoms with Gasteiger partial charge in [-0.05, 0) is 31.5 Å². The highest BCUT2D eigenvalue weighted by Gasteiger charge is 2.23. The van der Waals surface area contributed by atoms with Crippen LogP contribution in [0.2, 0.25) is 5.02 Å². The lowest BCUT2D eigenvalue weighted by Gasteiger charge is -2.10. The highest BCUT2D eigenvalue weighted by atomic mass is 35.5. The molecule has 0 radical (unpaired) electrons. The summed E-state index contributed by atoms with van der Waals surface area (Å²) in [5.41, 5.74) is 2.08. The molecule has 0 unspecified atom stereocenters. The van der Waals surface area contributed by atoms with E-state index in [1.807, 2.05) is 26.0 Å². The molecule has 0 atom stereocenters. The second kappa shape index (κ2) is 5.93. The van der Waals surface area contributed by atoms with Crippen molar-refractivity contribution in [3.63, 3.8) is 0 Å². The number of nitro groups is 1. The number of nitrogens with zero attached hydrogens (tertiary/aromatic N) is 1. The zero-order valence-electron chi connectivity index (χ0n) is 11.5. The molecule has 0 aliphatic heterocycles. The fraction of sp³-hybridized carbons (Fsp3) is 0.133. The summed E-state index contributed by atoms with van der Waals surface area (Å²) < 4.78 is 0. The Balaban J connectivity index is 2.39. The lowest BCUT2D eigenvalue weighted by molar-refractivity contribution is -0.385. The summed E-state index contributed by atoms with van der Waals surface area (Å²) in [4.78, 5) is 22.7. The van der Waals surface area contributed by atoms with Crippen molar-refractivity contribution in [3.05, 3.63) is 68.2 Å². The number of amides is 1. The quantitative estimate of drug-likeness (QED) is 0.685. The molecule has 0 saturated heterocycles. The predicted octanol–water partition coefficient (Wildman–Crippen LogP) is 4.12. The molecule has 2 aromatic carbocycles. The minimum absolute atomic E-state index is 0.0477. The van der Waals surface area contributed by atoms with Crippen molar-refractivity contribution < 1.29 is 9.72 Å². The summed E-state index contributed by atoms with van der Waals surface area (Å²) in [5, 5.41) is 13.7.